The number of aromatic hydroxyl groups is 1. The summed E-state index contributed by atoms with van der Waals surface area (Å²) in [4.78, 5) is 0. The van der Waals surface area contributed by atoms with Crippen LogP contribution in [0.15, 0.2) is 22.7 Å². The topological polar surface area (TPSA) is 52.5 Å². The van der Waals surface area contributed by atoms with Crippen molar-refractivity contribution in [3.05, 3.63) is 28.2 Å². The lowest BCUT2D eigenvalue weighted by atomic mass is 10.2. The predicted octanol–water partition coefficient (Wildman–Crippen LogP) is 1.63. The molecule has 0 unspecified atom stereocenters. The molecule has 0 aliphatic carbocycles. The molecule has 0 saturated heterocycles. The van der Waals surface area contributed by atoms with Crippen LogP contribution in [-0.2, 0) is 6.54 Å². The van der Waals surface area contributed by atoms with Crippen LogP contribution in [0.4, 0.5) is 0 Å². The zero-order valence-electron chi connectivity index (χ0n) is 7.83. The number of phenolic OH excluding ortho intramolecular Hbond substituents is 1. The van der Waals surface area contributed by atoms with Crippen LogP contribution in [0.1, 0.15) is 12.0 Å². The fraction of sp³-hybridized carbons (Fsp3) is 0.400. The van der Waals surface area contributed by atoms with Gasteiger partial charge in [-0.15, -0.1) is 0 Å². The first kappa shape index (κ1) is 11.5. The van der Waals surface area contributed by atoms with Crippen molar-refractivity contribution in [3.63, 3.8) is 0 Å². The third kappa shape index (κ3) is 3.29. The van der Waals surface area contributed by atoms with Crippen molar-refractivity contribution in [1.82, 2.24) is 5.32 Å². The molecule has 0 saturated carbocycles. The molecule has 0 heterocycles. The second-order valence-electron chi connectivity index (χ2n) is 3.00. The smallest absolute Gasteiger partial charge is 0.134 e. The van der Waals surface area contributed by atoms with Gasteiger partial charge < -0.3 is 15.5 Å². The molecule has 0 radical (unpaired) electrons. The Labute approximate surface area is 91.9 Å². The van der Waals surface area contributed by atoms with E-state index in [9.17, 15) is 5.11 Å². The van der Waals surface area contributed by atoms with Crippen LogP contribution in [0.25, 0.3) is 0 Å². The van der Waals surface area contributed by atoms with Crippen LogP contribution >= 0.6 is 15.9 Å². The van der Waals surface area contributed by atoms with Gasteiger partial charge in [0.05, 0.1) is 4.47 Å². The molecule has 78 valence electrons. The molecule has 0 fully saturated rings. The van der Waals surface area contributed by atoms with E-state index in [1.54, 1.807) is 6.07 Å². The molecule has 3 N–H and O–H groups in total. The molecule has 0 spiro atoms. The van der Waals surface area contributed by atoms with Crippen molar-refractivity contribution >= 4 is 15.9 Å². The summed E-state index contributed by atoms with van der Waals surface area (Å²) in [7, 11) is 0. The first-order valence-electron chi connectivity index (χ1n) is 4.53. The molecule has 0 amide bonds. The lowest BCUT2D eigenvalue weighted by Crippen LogP contribution is -2.15. The summed E-state index contributed by atoms with van der Waals surface area (Å²) < 4.78 is 0.707. The summed E-state index contributed by atoms with van der Waals surface area (Å²) in [6.45, 7) is 1.56. The maximum absolute atomic E-state index is 9.62. The Balaban J connectivity index is 2.46. The third-order valence-corrected chi connectivity index (χ3v) is 2.54. The van der Waals surface area contributed by atoms with Crippen molar-refractivity contribution < 1.29 is 10.2 Å². The number of aliphatic hydroxyl groups is 1. The number of aliphatic hydroxyl groups excluding tert-OH is 1. The van der Waals surface area contributed by atoms with Crippen molar-refractivity contribution in [2.75, 3.05) is 13.2 Å². The van der Waals surface area contributed by atoms with Gasteiger partial charge >= 0.3 is 0 Å². The van der Waals surface area contributed by atoms with Crippen molar-refractivity contribution in [3.8, 4) is 5.75 Å². The molecule has 0 atom stereocenters. The molecular formula is C10H14BrNO2. The van der Waals surface area contributed by atoms with Gasteiger partial charge in [0.15, 0.2) is 0 Å². The van der Waals surface area contributed by atoms with Crippen LogP contribution in [0.2, 0.25) is 0 Å². The Morgan fingerprint density at radius 2 is 2.14 bits per heavy atom. The Bertz CT molecular complexity index is 291. The highest BCUT2D eigenvalue weighted by Gasteiger charge is 2.03. The van der Waals surface area contributed by atoms with Gasteiger partial charge in [0, 0.05) is 18.7 Å². The minimum atomic E-state index is 0.192. The quantitative estimate of drug-likeness (QED) is 0.705. The number of para-hydroxylation sites is 1. The Morgan fingerprint density at radius 3 is 2.86 bits per heavy atom. The minimum Gasteiger partial charge on any atom is -0.506 e. The van der Waals surface area contributed by atoms with Gasteiger partial charge in [-0.25, -0.2) is 0 Å². The molecule has 1 aromatic rings. The van der Waals surface area contributed by atoms with Crippen LogP contribution in [0, 0.1) is 0 Å². The lowest BCUT2D eigenvalue weighted by Gasteiger charge is -2.07. The monoisotopic (exact) mass is 259 g/mol. The van der Waals surface area contributed by atoms with E-state index < -0.39 is 0 Å². The Hall–Kier alpha value is -0.580. The molecule has 0 aliphatic heterocycles. The number of phenols is 1. The van der Waals surface area contributed by atoms with E-state index in [4.69, 9.17) is 5.11 Å². The SMILES string of the molecule is OCCCNCc1cccc(Br)c1O. The maximum atomic E-state index is 9.62. The van der Waals surface area contributed by atoms with Gasteiger partial charge in [0.1, 0.15) is 5.75 Å². The van der Waals surface area contributed by atoms with Gasteiger partial charge in [-0.05, 0) is 35.0 Å². The standard InChI is InChI=1S/C10H14BrNO2/c11-9-4-1-3-8(10(9)14)7-12-5-2-6-13/h1,3-4,12-14H,2,5-7H2. The molecule has 0 aliphatic rings. The van der Waals surface area contributed by atoms with E-state index in [-0.39, 0.29) is 12.4 Å². The van der Waals surface area contributed by atoms with Crippen LogP contribution < -0.4 is 5.32 Å². The van der Waals surface area contributed by atoms with Gasteiger partial charge in [0.2, 0.25) is 0 Å². The summed E-state index contributed by atoms with van der Waals surface area (Å²) in [6.07, 6.45) is 0.731. The number of hydrogen-bond acceptors (Lipinski definition) is 3. The van der Waals surface area contributed by atoms with Gasteiger partial charge in [-0.1, -0.05) is 12.1 Å². The predicted molar refractivity (Wildman–Crippen MR) is 59.2 cm³/mol. The highest BCUT2D eigenvalue weighted by atomic mass is 79.9. The molecule has 1 aromatic carbocycles. The van der Waals surface area contributed by atoms with Crippen molar-refractivity contribution in [1.29, 1.82) is 0 Å². The summed E-state index contributed by atoms with van der Waals surface area (Å²) in [5, 5.41) is 21.3. The second kappa shape index (κ2) is 6.01. The number of benzene rings is 1. The highest BCUT2D eigenvalue weighted by Crippen LogP contribution is 2.26. The van der Waals surface area contributed by atoms with E-state index in [0.717, 1.165) is 18.5 Å². The first-order chi connectivity index (χ1) is 6.75. The fourth-order valence-corrected chi connectivity index (χ4v) is 1.54. The second-order valence-corrected chi connectivity index (χ2v) is 3.86. The Morgan fingerprint density at radius 1 is 1.36 bits per heavy atom. The fourth-order valence-electron chi connectivity index (χ4n) is 1.13. The van der Waals surface area contributed by atoms with Gasteiger partial charge in [0.25, 0.3) is 0 Å². The molecule has 3 nitrogen and oxygen atoms in total. The van der Waals surface area contributed by atoms with Crippen LogP contribution in [-0.4, -0.2) is 23.4 Å². The molecule has 4 heteroatoms. The summed E-state index contributed by atoms with van der Waals surface area (Å²) in [6, 6.07) is 5.55. The first-order valence-corrected chi connectivity index (χ1v) is 5.33. The Kier molecular flexibility index (Phi) is 4.93. The van der Waals surface area contributed by atoms with E-state index >= 15 is 0 Å². The number of hydrogen-bond donors (Lipinski definition) is 3. The normalized spacial score (nSPS) is 10.4. The van der Waals surface area contributed by atoms with Crippen molar-refractivity contribution in [2.45, 2.75) is 13.0 Å². The molecule has 14 heavy (non-hydrogen) atoms. The number of nitrogens with one attached hydrogen (secondary N) is 1. The average Bonchev–Trinajstić information content (AvgIpc) is 2.19. The van der Waals surface area contributed by atoms with E-state index in [1.807, 2.05) is 12.1 Å². The van der Waals surface area contributed by atoms with Crippen molar-refractivity contribution in [2.24, 2.45) is 0 Å². The molecular weight excluding hydrogens is 246 g/mol. The number of rotatable bonds is 5. The summed E-state index contributed by atoms with van der Waals surface area (Å²) in [5.74, 6) is 0.281. The van der Waals surface area contributed by atoms with E-state index in [0.29, 0.717) is 11.0 Å². The summed E-state index contributed by atoms with van der Waals surface area (Å²) in [5.41, 5.74) is 0.859. The molecule has 1 rings (SSSR count). The van der Waals surface area contributed by atoms with Crippen LogP contribution in [0.5, 0.6) is 5.75 Å². The number of halogens is 1. The zero-order valence-corrected chi connectivity index (χ0v) is 9.42. The van der Waals surface area contributed by atoms with Gasteiger partial charge in [-0.2, -0.15) is 0 Å². The van der Waals surface area contributed by atoms with Gasteiger partial charge in [-0.3, -0.25) is 0 Å². The molecule has 0 aromatic heterocycles. The van der Waals surface area contributed by atoms with E-state index in [2.05, 4.69) is 21.2 Å². The van der Waals surface area contributed by atoms with E-state index in [1.165, 1.54) is 0 Å². The third-order valence-electron chi connectivity index (χ3n) is 1.90. The van der Waals surface area contributed by atoms with Crippen LogP contribution in [0.3, 0.4) is 0 Å². The molecule has 0 bridgehead atoms. The lowest BCUT2D eigenvalue weighted by molar-refractivity contribution is 0.286. The zero-order chi connectivity index (χ0) is 10.4. The maximum Gasteiger partial charge on any atom is 0.134 e. The average molecular weight is 260 g/mol. The minimum absolute atomic E-state index is 0.192. The largest absolute Gasteiger partial charge is 0.506 e. The highest BCUT2D eigenvalue weighted by molar-refractivity contribution is 9.10. The summed E-state index contributed by atoms with van der Waals surface area (Å²) >= 11 is 3.25.